The number of nitrogen functional groups attached to an aromatic ring is 1. The van der Waals surface area contributed by atoms with Gasteiger partial charge in [0, 0.05) is 22.8 Å². The fourth-order valence-electron chi connectivity index (χ4n) is 4.21. The van der Waals surface area contributed by atoms with Gasteiger partial charge in [0.1, 0.15) is 24.2 Å². The molecular formula is C22H20N6O5S3. The summed E-state index contributed by atoms with van der Waals surface area (Å²) in [5, 5.41) is 22.8. The molecule has 3 N–H and O–H groups in total. The highest BCUT2D eigenvalue weighted by Crippen LogP contribution is 2.40. The van der Waals surface area contributed by atoms with Crippen LogP contribution in [0.5, 0.6) is 0 Å². The number of pyridine rings is 1. The maximum absolute atomic E-state index is 13.0. The lowest BCUT2D eigenvalue weighted by molar-refractivity contribution is -0.661. The van der Waals surface area contributed by atoms with Crippen molar-refractivity contribution in [3.05, 3.63) is 51.6 Å². The third-order valence-corrected chi connectivity index (χ3v) is 8.85. The van der Waals surface area contributed by atoms with Gasteiger partial charge in [0.25, 0.3) is 16.6 Å². The van der Waals surface area contributed by atoms with Gasteiger partial charge in [-0.1, -0.05) is 16.5 Å². The molecule has 1 unspecified atom stereocenters. The first-order valence-corrected chi connectivity index (χ1v) is 13.5. The predicted molar refractivity (Wildman–Crippen MR) is 134 cm³/mol. The molecule has 1 fully saturated rings. The van der Waals surface area contributed by atoms with Crippen LogP contribution in [0.3, 0.4) is 0 Å². The number of nitrogens with one attached hydrogen (secondary N) is 1. The van der Waals surface area contributed by atoms with Crippen molar-refractivity contribution >= 4 is 73.3 Å². The average Bonchev–Trinajstić information content (AvgIpc) is 3.52. The number of hydrogen-bond donors (Lipinski definition) is 2. The smallest absolute Gasteiger partial charge is 0.276 e. The van der Waals surface area contributed by atoms with Crippen LogP contribution < -0.4 is 20.7 Å². The molecule has 14 heteroatoms. The van der Waals surface area contributed by atoms with E-state index >= 15 is 0 Å². The van der Waals surface area contributed by atoms with E-state index in [9.17, 15) is 19.5 Å². The number of thiazole rings is 1. The summed E-state index contributed by atoms with van der Waals surface area (Å²) < 4.78 is 1.97. The molecular weight excluding hydrogens is 524 g/mol. The number of nitrogens with zero attached hydrogens (tertiary/aromatic N) is 4. The lowest BCUT2D eigenvalue weighted by Gasteiger charge is -2.50. The van der Waals surface area contributed by atoms with Gasteiger partial charge in [-0.05, 0) is 23.9 Å². The number of aryl methyl sites for hydroxylation is 1. The topological polar surface area (TPSA) is 154 Å². The molecule has 2 atom stereocenters. The van der Waals surface area contributed by atoms with Crippen molar-refractivity contribution in [2.75, 3.05) is 18.6 Å². The first-order chi connectivity index (χ1) is 17.3. The summed E-state index contributed by atoms with van der Waals surface area (Å²) in [6, 6.07) is 3.06. The Hall–Kier alpha value is -3.49. The third-order valence-electron chi connectivity index (χ3n) is 5.89. The van der Waals surface area contributed by atoms with Crippen LogP contribution in [0.15, 0.2) is 45.5 Å². The molecule has 0 saturated carbocycles. The number of anilines is 1. The molecule has 1 saturated heterocycles. The standard InChI is InChI=1S/C22H20N6O5S3/c1-10-3-5-27(19-12(10)4-6-34-19)7-11-8-35-20-15(18(30)28(20)16(11)21(31)32)25-17(29)14(26-33-2)13-9-36-22(23)24-13/h3-6,9,15,20H,7-8H2,1-2H3,(H3-,23,24,25,29,31,32)/t15?,20-/m0/s1. The van der Waals surface area contributed by atoms with Crippen LogP contribution in [0.4, 0.5) is 5.13 Å². The lowest BCUT2D eigenvalue weighted by Crippen LogP contribution is -2.71. The predicted octanol–water partition coefficient (Wildman–Crippen LogP) is -0.00948. The van der Waals surface area contributed by atoms with Gasteiger partial charge < -0.3 is 25.8 Å². The minimum absolute atomic E-state index is 0.135. The van der Waals surface area contributed by atoms with Gasteiger partial charge in [-0.15, -0.1) is 23.1 Å². The molecule has 0 aromatic carbocycles. The number of amides is 2. The van der Waals surface area contributed by atoms with Crippen molar-refractivity contribution in [1.82, 2.24) is 15.2 Å². The van der Waals surface area contributed by atoms with E-state index in [1.54, 1.807) is 16.7 Å². The van der Waals surface area contributed by atoms with E-state index in [4.69, 9.17) is 10.6 Å². The number of nitrogens with two attached hydrogens (primary N) is 1. The number of hydrogen-bond acceptors (Lipinski definition) is 11. The molecule has 36 heavy (non-hydrogen) atoms. The maximum atomic E-state index is 13.0. The van der Waals surface area contributed by atoms with E-state index in [1.807, 2.05) is 35.2 Å². The number of carboxylic acid groups (broad SMARTS) is 1. The second-order valence-electron chi connectivity index (χ2n) is 8.06. The number of carbonyl (C=O) groups excluding carboxylic acids is 3. The second-order valence-corrected chi connectivity index (χ2v) is 10.9. The van der Waals surface area contributed by atoms with Gasteiger partial charge in [-0.2, -0.15) is 4.57 Å². The summed E-state index contributed by atoms with van der Waals surface area (Å²) >= 11 is 4.07. The van der Waals surface area contributed by atoms with Crippen molar-refractivity contribution in [2.45, 2.75) is 24.9 Å². The molecule has 186 valence electrons. The van der Waals surface area contributed by atoms with Crippen LogP contribution in [0.2, 0.25) is 0 Å². The summed E-state index contributed by atoms with van der Waals surface area (Å²) in [6.45, 7) is 2.32. The van der Waals surface area contributed by atoms with Crippen molar-refractivity contribution in [1.29, 1.82) is 0 Å². The van der Waals surface area contributed by atoms with Gasteiger partial charge in [0.15, 0.2) is 23.6 Å². The molecule has 0 radical (unpaired) electrons. The number of rotatable bonds is 7. The number of carboxylic acids is 1. The number of aromatic nitrogens is 2. The molecule has 3 aromatic heterocycles. The van der Waals surface area contributed by atoms with Crippen LogP contribution in [-0.4, -0.2) is 57.7 Å². The van der Waals surface area contributed by atoms with Crippen LogP contribution >= 0.6 is 34.4 Å². The SMILES string of the molecule is CON=C(C(=O)NC1C(=O)N2C(C(=O)[O-])=C(C[n+]3ccc(C)c4ccsc43)CS[C@@H]12)c1csc(N)n1. The van der Waals surface area contributed by atoms with Crippen molar-refractivity contribution in [3.8, 4) is 0 Å². The first-order valence-electron chi connectivity index (χ1n) is 10.7. The minimum atomic E-state index is -1.43. The molecule has 0 bridgehead atoms. The normalized spacial score (nSPS) is 19.8. The summed E-state index contributed by atoms with van der Waals surface area (Å²) in [5.41, 5.74) is 7.28. The Morgan fingerprint density at radius 3 is 2.89 bits per heavy atom. The number of carbonyl (C=O) groups is 3. The molecule has 3 aromatic rings. The van der Waals surface area contributed by atoms with Crippen LogP contribution in [0.25, 0.3) is 10.2 Å². The summed E-state index contributed by atoms with van der Waals surface area (Å²) in [6.07, 6.45) is 1.91. The monoisotopic (exact) mass is 544 g/mol. The molecule has 2 aliphatic rings. The molecule has 5 heterocycles. The maximum Gasteiger partial charge on any atom is 0.276 e. The van der Waals surface area contributed by atoms with Crippen molar-refractivity contribution < 1.29 is 28.9 Å². The first kappa shape index (κ1) is 24.2. The number of β-lactam (4-membered cyclic amide) rings is 1. The second kappa shape index (κ2) is 9.52. The van der Waals surface area contributed by atoms with Gasteiger partial charge in [0.2, 0.25) is 0 Å². The highest BCUT2D eigenvalue weighted by Gasteiger charge is 2.53. The minimum Gasteiger partial charge on any atom is -0.543 e. The molecule has 11 nitrogen and oxygen atoms in total. The quantitative estimate of drug-likeness (QED) is 0.182. The van der Waals surface area contributed by atoms with Crippen molar-refractivity contribution in [3.63, 3.8) is 0 Å². The number of thiophene rings is 1. The number of thioether (sulfide) groups is 1. The zero-order valence-electron chi connectivity index (χ0n) is 19.1. The van der Waals surface area contributed by atoms with Crippen molar-refractivity contribution in [2.24, 2.45) is 5.16 Å². The Morgan fingerprint density at radius 1 is 1.39 bits per heavy atom. The highest BCUT2D eigenvalue weighted by molar-refractivity contribution is 8.00. The molecule has 2 amide bonds. The van der Waals surface area contributed by atoms with E-state index in [0.29, 0.717) is 17.9 Å². The lowest BCUT2D eigenvalue weighted by atomic mass is 10.0. The number of aliphatic carboxylic acids is 1. The summed E-state index contributed by atoms with van der Waals surface area (Å²) in [5.74, 6) is -2.29. The van der Waals surface area contributed by atoms with E-state index < -0.39 is 29.2 Å². The van der Waals surface area contributed by atoms with Gasteiger partial charge in [-0.25, -0.2) is 4.98 Å². The van der Waals surface area contributed by atoms with Gasteiger partial charge in [-0.3, -0.25) is 14.5 Å². The Bertz CT molecular complexity index is 1460. The largest absolute Gasteiger partial charge is 0.543 e. The zero-order chi connectivity index (χ0) is 25.6. The highest BCUT2D eigenvalue weighted by atomic mass is 32.2. The van der Waals surface area contributed by atoms with Crippen LogP contribution in [0, 0.1) is 6.92 Å². The fourth-order valence-corrected chi connectivity index (χ4v) is 7.04. The number of oxime groups is 1. The molecule has 0 spiro atoms. The Morgan fingerprint density at radius 2 is 2.19 bits per heavy atom. The van der Waals surface area contributed by atoms with E-state index in [0.717, 1.165) is 27.1 Å². The van der Waals surface area contributed by atoms with E-state index in [-0.39, 0.29) is 22.2 Å². The van der Waals surface area contributed by atoms with Crippen LogP contribution in [-0.2, 0) is 25.8 Å². The molecule has 2 aliphatic heterocycles. The Balaban J connectivity index is 1.38. The summed E-state index contributed by atoms with van der Waals surface area (Å²) in [7, 11) is 1.28. The van der Waals surface area contributed by atoms with Gasteiger partial charge >= 0.3 is 0 Å². The van der Waals surface area contributed by atoms with E-state index in [2.05, 4.69) is 15.5 Å². The Labute approximate surface area is 217 Å². The fraction of sp³-hybridized carbons (Fsp3) is 0.273. The van der Waals surface area contributed by atoms with Crippen LogP contribution in [0.1, 0.15) is 11.3 Å². The zero-order valence-corrected chi connectivity index (χ0v) is 21.5. The average molecular weight is 545 g/mol. The number of fused-ring (bicyclic) bond motifs is 2. The third kappa shape index (κ3) is 4.10. The Kier molecular flexibility index (Phi) is 6.40. The van der Waals surface area contributed by atoms with Gasteiger partial charge in [0.05, 0.1) is 17.1 Å². The molecule has 0 aliphatic carbocycles. The summed E-state index contributed by atoms with van der Waals surface area (Å²) in [4.78, 5) is 49.1. The van der Waals surface area contributed by atoms with E-state index in [1.165, 1.54) is 23.8 Å². The molecule has 5 rings (SSSR count).